The minimum Gasteiger partial charge on any atom is -0.469 e. The van der Waals surface area contributed by atoms with Crippen LogP contribution in [0.15, 0.2) is 0 Å². The van der Waals surface area contributed by atoms with Crippen molar-refractivity contribution in [2.75, 3.05) is 20.2 Å². The van der Waals surface area contributed by atoms with Crippen molar-refractivity contribution in [3.8, 4) is 0 Å². The van der Waals surface area contributed by atoms with E-state index in [1.165, 1.54) is 20.0 Å². The fourth-order valence-electron chi connectivity index (χ4n) is 1.56. The molecule has 0 fully saturated rings. The van der Waals surface area contributed by atoms with Crippen LogP contribution in [-0.2, 0) is 9.53 Å². The van der Waals surface area contributed by atoms with E-state index in [-0.39, 0.29) is 5.97 Å². The van der Waals surface area contributed by atoms with Crippen LogP contribution < -0.4 is 5.32 Å². The predicted molar refractivity (Wildman–Crippen MR) is 67.4 cm³/mol. The number of esters is 1. The first kappa shape index (κ1) is 15.4. The largest absolute Gasteiger partial charge is 0.469 e. The van der Waals surface area contributed by atoms with Crippen LogP contribution in [-0.4, -0.2) is 26.2 Å². The second-order valence-electron chi connectivity index (χ2n) is 4.67. The second kappa shape index (κ2) is 10.9. The zero-order valence-electron chi connectivity index (χ0n) is 11.1. The first-order chi connectivity index (χ1) is 7.66. The zero-order chi connectivity index (χ0) is 12.2. The van der Waals surface area contributed by atoms with Gasteiger partial charge in [-0.3, -0.25) is 4.79 Å². The summed E-state index contributed by atoms with van der Waals surface area (Å²) in [4.78, 5) is 10.8. The number of carbonyl (C=O) groups is 1. The number of rotatable bonds is 10. The van der Waals surface area contributed by atoms with E-state index < -0.39 is 0 Å². The van der Waals surface area contributed by atoms with Crippen LogP contribution in [0.25, 0.3) is 0 Å². The summed E-state index contributed by atoms with van der Waals surface area (Å²) in [5, 5.41) is 3.43. The molecule has 0 spiro atoms. The summed E-state index contributed by atoms with van der Waals surface area (Å²) in [6, 6.07) is 0. The number of carbonyl (C=O) groups excluding carboxylic acids is 1. The van der Waals surface area contributed by atoms with Gasteiger partial charge in [-0.05, 0) is 44.7 Å². The van der Waals surface area contributed by atoms with E-state index in [0.717, 1.165) is 38.3 Å². The fourth-order valence-corrected chi connectivity index (χ4v) is 1.56. The normalized spacial score (nSPS) is 10.8. The molecule has 0 aliphatic rings. The number of unbranched alkanes of at least 4 members (excludes halogenated alkanes) is 2. The first-order valence-electron chi connectivity index (χ1n) is 6.44. The Morgan fingerprint density at radius 3 is 2.44 bits per heavy atom. The Morgan fingerprint density at radius 2 is 1.81 bits per heavy atom. The van der Waals surface area contributed by atoms with Crippen molar-refractivity contribution < 1.29 is 9.53 Å². The van der Waals surface area contributed by atoms with Crippen molar-refractivity contribution in [3.05, 3.63) is 0 Å². The lowest BCUT2D eigenvalue weighted by molar-refractivity contribution is -0.140. The maximum absolute atomic E-state index is 10.8. The Kier molecular flexibility index (Phi) is 10.5. The molecule has 0 aliphatic heterocycles. The minimum absolute atomic E-state index is 0.0927. The van der Waals surface area contributed by atoms with Crippen molar-refractivity contribution in [3.63, 3.8) is 0 Å². The topological polar surface area (TPSA) is 38.3 Å². The molecule has 0 aromatic heterocycles. The molecule has 0 aromatic rings. The third-order valence-electron chi connectivity index (χ3n) is 2.60. The minimum atomic E-state index is -0.0927. The van der Waals surface area contributed by atoms with Crippen LogP contribution in [0.2, 0.25) is 0 Å². The Labute approximate surface area is 99.9 Å². The molecule has 16 heavy (non-hydrogen) atoms. The van der Waals surface area contributed by atoms with Crippen LogP contribution in [0.1, 0.15) is 52.4 Å². The molecule has 96 valence electrons. The molecule has 0 rings (SSSR count). The van der Waals surface area contributed by atoms with Crippen molar-refractivity contribution >= 4 is 5.97 Å². The molecule has 0 atom stereocenters. The highest BCUT2D eigenvalue weighted by molar-refractivity contribution is 5.68. The summed E-state index contributed by atoms with van der Waals surface area (Å²) in [5.74, 6) is 0.715. The number of nitrogens with one attached hydrogen (secondary N) is 1. The molecule has 0 unspecified atom stereocenters. The van der Waals surface area contributed by atoms with Gasteiger partial charge in [-0.1, -0.05) is 20.3 Å². The van der Waals surface area contributed by atoms with Gasteiger partial charge in [0.05, 0.1) is 7.11 Å². The third-order valence-corrected chi connectivity index (χ3v) is 2.60. The Hall–Kier alpha value is -0.570. The molecule has 3 heteroatoms. The Morgan fingerprint density at radius 1 is 1.12 bits per heavy atom. The molecule has 3 nitrogen and oxygen atoms in total. The van der Waals surface area contributed by atoms with E-state index in [1.54, 1.807) is 0 Å². The Balaban J connectivity index is 3.01. The van der Waals surface area contributed by atoms with Crippen LogP contribution in [0.5, 0.6) is 0 Å². The molecule has 0 heterocycles. The second-order valence-corrected chi connectivity index (χ2v) is 4.67. The maximum atomic E-state index is 10.8. The van der Waals surface area contributed by atoms with Crippen LogP contribution in [0, 0.1) is 5.92 Å². The van der Waals surface area contributed by atoms with Gasteiger partial charge in [-0.15, -0.1) is 0 Å². The highest BCUT2D eigenvalue weighted by atomic mass is 16.5. The maximum Gasteiger partial charge on any atom is 0.305 e. The van der Waals surface area contributed by atoms with Crippen molar-refractivity contribution in [1.82, 2.24) is 5.32 Å². The van der Waals surface area contributed by atoms with Gasteiger partial charge in [-0.2, -0.15) is 0 Å². The predicted octanol–water partition coefficient (Wildman–Crippen LogP) is 2.75. The molecule has 0 amide bonds. The van der Waals surface area contributed by atoms with Crippen molar-refractivity contribution in [2.45, 2.75) is 52.4 Å². The van der Waals surface area contributed by atoms with E-state index in [2.05, 4.69) is 23.9 Å². The van der Waals surface area contributed by atoms with E-state index in [1.807, 2.05) is 0 Å². The van der Waals surface area contributed by atoms with Gasteiger partial charge in [-0.25, -0.2) is 0 Å². The summed E-state index contributed by atoms with van der Waals surface area (Å²) in [6.07, 6.45) is 6.32. The van der Waals surface area contributed by atoms with Gasteiger partial charge in [0.25, 0.3) is 0 Å². The standard InChI is InChI=1S/C13H27NO2/c1-12(2)8-7-11-14-10-6-4-5-9-13(15)16-3/h12,14H,4-11H2,1-3H3. The summed E-state index contributed by atoms with van der Waals surface area (Å²) < 4.78 is 4.58. The van der Waals surface area contributed by atoms with Crippen molar-refractivity contribution in [1.29, 1.82) is 0 Å². The van der Waals surface area contributed by atoms with Crippen molar-refractivity contribution in [2.24, 2.45) is 5.92 Å². The molecule has 0 aliphatic carbocycles. The fraction of sp³-hybridized carbons (Fsp3) is 0.923. The number of ether oxygens (including phenoxy) is 1. The quantitative estimate of drug-likeness (QED) is 0.462. The number of hydrogen-bond acceptors (Lipinski definition) is 3. The van der Waals surface area contributed by atoms with Gasteiger partial charge < -0.3 is 10.1 Å². The lowest BCUT2D eigenvalue weighted by Gasteiger charge is -2.06. The van der Waals surface area contributed by atoms with Crippen LogP contribution in [0.4, 0.5) is 0 Å². The highest BCUT2D eigenvalue weighted by Crippen LogP contribution is 2.02. The lowest BCUT2D eigenvalue weighted by atomic mass is 10.1. The highest BCUT2D eigenvalue weighted by Gasteiger charge is 1.98. The van der Waals surface area contributed by atoms with E-state index in [0.29, 0.717) is 6.42 Å². The summed E-state index contributed by atoms with van der Waals surface area (Å²) in [5.41, 5.74) is 0. The molecule has 0 saturated carbocycles. The van der Waals surface area contributed by atoms with Crippen LogP contribution >= 0.6 is 0 Å². The van der Waals surface area contributed by atoms with E-state index >= 15 is 0 Å². The first-order valence-corrected chi connectivity index (χ1v) is 6.44. The molecule has 0 radical (unpaired) electrons. The molecular weight excluding hydrogens is 202 g/mol. The van der Waals surface area contributed by atoms with Crippen LogP contribution in [0.3, 0.4) is 0 Å². The van der Waals surface area contributed by atoms with E-state index in [9.17, 15) is 4.79 Å². The average molecular weight is 229 g/mol. The monoisotopic (exact) mass is 229 g/mol. The molecule has 0 aromatic carbocycles. The van der Waals surface area contributed by atoms with Gasteiger partial charge in [0.2, 0.25) is 0 Å². The smallest absolute Gasteiger partial charge is 0.305 e. The molecule has 1 N–H and O–H groups in total. The number of methoxy groups -OCH3 is 1. The van der Waals surface area contributed by atoms with Gasteiger partial charge in [0.15, 0.2) is 0 Å². The molecule has 0 bridgehead atoms. The Bertz CT molecular complexity index is 169. The third kappa shape index (κ3) is 11.5. The SMILES string of the molecule is COC(=O)CCCCCNCCCC(C)C. The molecular formula is C13H27NO2. The summed E-state index contributed by atoms with van der Waals surface area (Å²) in [7, 11) is 1.44. The number of hydrogen-bond donors (Lipinski definition) is 1. The van der Waals surface area contributed by atoms with E-state index in [4.69, 9.17) is 0 Å². The summed E-state index contributed by atoms with van der Waals surface area (Å²) >= 11 is 0. The lowest BCUT2D eigenvalue weighted by Crippen LogP contribution is -2.17. The molecule has 0 saturated heterocycles. The van der Waals surface area contributed by atoms with Gasteiger partial charge >= 0.3 is 5.97 Å². The van der Waals surface area contributed by atoms with Gasteiger partial charge in [0, 0.05) is 6.42 Å². The average Bonchev–Trinajstić information content (AvgIpc) is 2.26. The summed E-state index contributed by atoms with van der Waals surface area (Å²) in [6.45, 7) is 6.70. The van der Waals surface area contributed by atoms with Gasteiger partial charge in [0.1, 0.15) is 0 Å². The zero-order valence-corrected chi connectivity index (χ0v) is 11.1.